The Hall–Kier alpha value is -4.10. The van der Waals surface area contributed by atoms with E-state index < -0.39 is 23.6 Å². The largest absolute Gasteiger partial charge is 1.00 e. The van der Waals surface area contributed by atoms with Gasteiger partial charge in [-0.15, -0.1) is 10.2 Å². The van der Waals surface area contributed by atoms with Crippen LogP contribution in [0.25, 0.3) is 0 Å². The molecule has 14 nitrogen and oxygen atoms in total. The van der Waals surface area contributed by atoms with Crippen LogP contribution < -0.4 is 18.9 Å². The van der Waals surface area contributed by atoms with E-state index in [1.807, 2.05) is 0 Å². The molecule has 36 heavy (non-hydrogen) atoms. The van der Waals surface area contributed by atoms with Crippen LogP contribution in [0.2, 0.25) is 0 Å². The predicted octanol–water partition coefficient (Wildman–Crippen LogP) is -2.79. The van der Waals surface area contributed by atoms with E-state index in [-0.39, 0.29) is 48.0 Å². The van der Waals surface area contributed by atoms with Gasteiger partial charge in [0.15, 0.2) is 0 Å². The molecular weight excluding hydrogens is 481 g/mol. The number of halogens is 2. The third kappa shape index (κ3) is 9.27. The number of carbonyl (C=O) groups is 2. The number of carbonyl (C=O) groups excluding carboxylic acids is 1. The molecule has 0 atom stereocenters. The van der Waals surface area contributed by atoms with Crippen molar-refractivity contribution >= 4 is 11.9 Å². The molecule has 0 aromatic carbocycles. The first-order valence-corrected chi connectivity index (χ1v) is 9.15. The second-order valence-electron chi connectivity index (χ2n) is 6.26. The number of hydrogen-bond donors (Lipinski definition) is 1. The van der Waals surface area contributed by atoms with Crippen molar-refractivity contribution in [3.8, 4) is 0 Å². The molecule has 0 aliphatic rings. The fourth-order valence-corrected chi connectivity index (χ4v) is 2.36. The molecule has 0 bridgehead atoms. The minimum atomic E-state index is -1.19. The topological polar surface area (TPSA) is 212 Å². The summed E-state index contributed by atoms with van der Waals surface area (Å²) < 4.78 is 32.4. The van der Waals surface area contributed by atoms with E-state index >= 15 is 0 Å². The van der Waals surface area contributed by atoms with Gasteiger partial charge < -0.3 is 20.8 Å². The molecule has 0 aliphatic carbocycles. The monoisotopic (exact) mass is 500 g/mol. The van der Waals surface area contributed by atoms with E-state index in [9.17, 15) is 18.4 Å². The Kier molecular flexibility index (Phi) is 13.3. The zero-order valence-corrected chi connectivity index (χ0v) is 19.0. The SMILES string of the molecule is COC(=O)c1ncn(Cc2ccc(F)cn2)n1.O.O=C(O)c1ncn(Cc2ccc(F)cn2)n1.[Li+].[OH-]. The third-order valence-electron chi connectivity index (χ3n) is 3.86. The molecule has 4 aromatic heterocycles. The van der Waals surface area contributed by atoms with Crippen LogP contribution in [0, 0.1) is 11.6 Å². The number of methoxy groups -OCH3 is 1. The van der Waals surface area contributed by atoms with Gasteiger partial charge >= 0.3 is 30.8 Å². The molecule has 4 rings (SSSR count). The maximum atomic E-state index is 12.6. The average molecular weight is 500 g/mol. The van der Waals surface area contributed by atoms with Crippen molar-refractivity contribution < 1.29 is 58.0 Å². The molecule has 0 unspecified atom stereocenters. The van der Waals surface area contributed by atoms with Gasteiger partial charge in [0, 0.05) is 0 Å². The van der Waals surface area contributed by atoms with Gasteiger partial charge in [0.25, 0.3) is 11.6 Å². The zero-order valence-electron chi connectivity index (χ0n) is 19.0. The molecule has 0 aliphatic heterocycles. The van der Waals surface area contributed by atoms with Gasteiger partial charge in [0.2, 0.25) is 0 Å². The summed E-state index contributed by atoms with van der Waals surface area (Å²) in [5.41, 5.74) is 1.19. The number of aromatic carboxylic acids is 1. The fourth-order valence-electron chi connectivity index (χ4n) is 2.36. The molecule has 0 spiro atoms. The molecule has 186 valence electrons. The molecule has 4 heterocycles. The quantitative estimate of drug-likeness (QED) is 0.211. The van der Waals surface area contributed by atoms with Gasteiger partial charge in [-0.2, -0.15) is 0 Å². The number of rotatable bonds is 6. The first kappa shape index (κ1) is 31.9. The number of esters is 1. The van der Waals surface area contributed by atoms with E-state index in [4.69, 9.17) is 5.11 Å². The normalized spacial score (nSPS) is 9.42. The molecular formula is C19H19F2LiN8O6. The Balaban J connectivity index is 0.000000629. The molecule has 4 N–H and O–H groups in total. The average Bonchev–Trinajstić information content (AvgIpc) is 3.47. The molecule has 0 saturated carbocycles. The number of nitrogens with zero attached hydrogens (tertiary/aromatic N) is 8. The van der Waals surface area contributed by atoms with Gasteiger partial charge in [-0.3, -0.25) is 9.97 Å². The summed E-state index contributed by atoms with van der Waals surface area (Å²) in [5.74, 6) is -2.91. The number of pyridine rings is 2. The minimum absolute atomic E-state index is 0. The van der Waals surface area contributed by atoms with Crippen LogP contribution in [-0.4, -0.2) is 74.6 Å². The Bertz CT molecular complexity index is 1240. The standard InChI is InChI=1S/C10H9FN4O2.C9H7FN4O2.Li.2H2O/c1-17-10(16)9-13-6-15(14-9)5-8-3-2-7(11)4-12-8;10-6-1-2-7(11-3-6)4-14-5-12-8(13-14)9(15)16;;;/h2-4,6H,5H2,1H3;1-3,5H,4H2,(H,15,16);;2*1H2/q;;+1;;/p-1. The van der Waals surface area contributed by atoms with E-state index in [1.165, 1.54) is 53.4 Å². The summed E-state index contributed by atoms with van der Waals surface area (Å²) in [6, 6.07) is 5.62. The minimum Gasteiger partial charge on any atom is -0.870 e. The van der Waals surface area contributed by atoms with E-state index in [2.05, 4.69) is 34.9 Å². The summed E-state index contributed by atoms with van der Waals surface area (Å²) in [5, 5.41) is 16.2. The van der Waals surface area contributed by atoms with Crippen LogP contribution >= 0.6 is 0 Å². The van der Waals surface area contributed by atoms with Crippen LogP contribution in [0.3, 0.4) is 0 Å². The maximum Gasteiger partial charge on any atom is 1.00 e. The van der Waals surface area contributed by atoms with Crippen LogP contribution in [0.4, 0.5) is 8.78 Å². The Morgan fingerprint density at radius 1 is 0.861 bits per heavy atom. The van der Waals surface area contributed by atoms with Gasteiger partial charge in [0.1, 0.15) is 24.3 Å². The third-order valence-corrected chi connectivity index (χ3v) is 3.86. The van der Waals surface area contributed by atoms with Crippen LogP contribution in [0.5, 0.6) is 0 Å². The van der Waals surface area contributed by atoms with Gasteiger partial charge in [0.05, 0.1) is 44.0 Å². The molecule has 0 fully saturated rings. The van der Waals surface area contributed by atoms with Crippen molar-refractivity contribution in [1.82, 2.24) is 39.5 Å². The second kappa shape index (κ2) is 15.0. The van der Waals surface area contributed by atoms with E-state index in [0.29, 0.717) is 17.9 Å². The predicted molar refractivity (Wildman–Crippen MR) is 110 cm³/mol. The number of carboxylic acid groups (broad SMARTS) is 1. The summed E-state index contributed by atoms with van der Waals surface area (Å²) in [4.78, 5) is 36.6. The number of carboxylic acids is 1. The number of aromatic nitrogens is 8. The van der Waals surface area contributed by atoms with Crippen molar-refractivity contribution in [2.24, 2.45) is 0 Å². The van der Waals surface area contributed by atoms with Crippen molar-refractivity contribution in [3.63, 3.8) is 0 Å². The van der Waals surface area contributed by atoms with Crippen LogP contribution in [0.15, 0.2) is 49.3 Å². The molecule has 17 heteroatoms. The summed E-state index contributed by atoms with van der Waals surface area (Å²) >= 11 is 0. The smallest absolute Gasteiger partial charge is 0.870 e. The second-order valence-corrected chi connectivity index (χ2v) is 6.26. The molecule has 0 saturated heterocycles. The molecule has 0 radical (unpaired) electrons. The zero-order chi connectivity index (χ0) is 23.8. The summed E-state index contributed by atoms with van der Waals surface area (Å²) in [7, 11) is 1.25. The van der Waals surface area contributed by atoms with Crippen molar-refractivity contribution in [1.29, 1.82) is 0 Å². The van der Waals surface area contributed by atoms with Gasteiger partial charge in [-0.25, -0.2) is 37.7 Å². The van der Waals surface area contributed by atoms with Crippen molar-refractivity contribution in [2.45, 2.75) is 13.1 Å². The first-order valence-electron chi connectivity index (χ1n) is 9.15. The maximum absolute atomic E-state index is 12.6. The molecule has 4 aromatic rings. The van der Waals surface area contributed by atoms with Crippen LogP contribution in [-0.2, 0) is 17.8 Å². The van der Waals surface area contributed by atoms with Crippen molar-refractivity contribution in [2.75, 3.05) is 7.11 Å². The Labute approximate surface area is 213 Å². The number of hydrogen-bond acceptors (Lipinski definition) is 10. The van der Waals surface area contributed by atoms with E-state index in [1.54, 1.807) is 0 Å². The van der Waals surface area contributed by atoms with Crippen molar-refractivity contribution in [3.05, 3.63) is 84.0 Å². The summed E-state index contributed by atoms with van der Waals surface area (Å²) in [6.07, 6.45) is 4.88. The molecule has 0 amide bonds. The Morgan fingerprint density at radius 3 is 1.67 bits per heavy atom. The summed E-state index contributed by atoms with van der Waals surface area (Å²) in [6.45, 7) is 0.560. The van der Waals surface area contributed by atoms with Gasteiger partial charge in [-0.1, -0.05) is 0 Å². The van der Waals surface area contributed by atoms with E-state index in [0.717, 1.165) is 12.4 Å². The fraction of sp³-hybridized carbons (Fsp3) is 0.158. The number of ether oxygens (including phenoxy) is 1. The van der Waals surface area contributed by atoms with Gasteiger partial charge in [-0.05, 0) is 24.3 Å². The van der Waals surface area contributed by atoms with Crippen LogP contribution in [0.1, 0.15) is 32.6 Å². The first-order chi connectivity index (χ1) is 15.8. The Morgan fingerprint density at radius 2 is 1.31 bits per heavy atom.